The van der Waals surface area contributed by atoms with Crippen molar-refractivity contribution in [1.29, 1.82) is 0 Å². The molecule has 0 aromatic heterocycles. The molecule has 4 atom stereocenters. The Hall–Kier alpha value is -1.92. The smallest absolute Gasteiger partial charge is 0.334 e. The van der Waals surface area contributed by atoms with E-state index in [0.717, 1.165) is 18.4 Å². The van der Waals surface area contributed by atoms with Crippen molar-refractivity contribution in [1.82, 2.24) is 0 Å². The Morgan fingerprint density at radius 2 is 2.00 bits per heavy atom. The lowest BCUT2D eigenvalue weighted by molar-refractivity contribution is -0.161. The van der Waals surface area contributed by atoms with Gasteiger partial charge in [0.25, 0.3) is 0 Å². The van der Waals surface area contributed by atoms with Crippen molar-refractivity contribution in [2.75, 3.05) is 6.61 Å². The molecule has 6 nitrogen and oxygen atoms in total. The molecule has 1 saturated heterocycles. The summed E-state index contributed by atoms with van der Waals surface area (Å²) in [6, 6.07) is 0. The fourth-order valence-electron chi connectivity index (χ4n) is 3.79. The number of carbonyl (C=O) groups is 2. The molecule has 1 aliphatic heterocycles. The second-order valence-corrected chi connectivity index (χ2v) is 8.09. The first-order chi connectivity index (χ1) is 13.1. The molecular formula is C22H32O6. The third-order valence-electron chi connectivity index (χ3n) is 5.66. The van der Waals surface area contributed by atoms with Crippen LogP contribution in [0.2, 0.25) is 0 Å². The Bertz CT molecular complexity index is 677. The summed E-state index contributed by atoms with van der Waals surface area (Å²) in [4.78, 5) is 23.3. The van der Waals surface area contributed by atoms with E-state index in [0.29, 0.717) is 18.4 Å². The van der Waals surface area contributed by atoms with Crippen molar-refractivity contribution in [3.63, 3.8) is 0 Å². The molecule has 2 aliphatic rings. The second-order valence-electron chi connectivity index (χ2n) is 8.09. The lowest BCUT2D eigenvalue weighted by Crippen LogP contribution is -2.48. The molecule has 0 amide bonds. The summed E-state index contributed by atoms with van der Waals surface area (Å²) in [5.74, 6) is -1.37. The monoisotopic (exact) mass is 392 g/mol. The Kier molecular flexibility index (Phi) is 7.61. The summed E-state index contributed by atoms with van der Waals surface area (Å²) >= 11 is 0. The molecule has 2 N–H and O–H groups in total. The highest BCUT2D eigenvalue weighted by Gasteiger charge is 2.44. The van der Waals surface area contributed by atoms with E-state index in [4.69, 9.17) is 9.47 Å². The van der Waals surface area contributed by atoms with Crippen LogP contribution in [-0.4, -0.2) is 46.6 Å². The van der Waals surface area contributed by atoms with Crippen molar-refractivity contribution in [3.05, 3.63) is 35.5 Å². The number of rotatable bonds is 2. The third kappa shape index (κ3) is 5.79. The summed E-state index contributed by atoms with van der Waals surface area (Å²) in [6.45, 7) is 8.84. The highest BCUT2D eigenvalue weighted by molar-refractivity contribution is 5.90. The molecular weight excluding hydrogens is 360 g/mol. The molecule has 156 valence electrons. The number of ether oxygens (including phenoxy) is 2. The van der Waals surface area contributed by atoms with E-state index in [1.807, 2.05) is 19.9 Å². The normalized spacial score (nSPS) is 36.2. The van der Waals surface area contributed by atoms with E-state index < -0.39 is 35.7 Å². The van der Waals surface area contributed by atoms with Crippen LogP contribution in [0.5, 0.6) is 0 Å². The molecule has 2 rings (SSSR count). The van der Waals surface area contributed by atoms with Gasteiger partial charge < -0.3 is 19.7 Å². The van der Waals surface area contributed by atoms with Crippen LogP contribution in [0.15, 0.2) is 35.5 Å². The van der Waals surface area contributed by atoms with Crippen LogP contribution in [0, 0.1) is 5.92 Å². The summed E-state index contributed by atoms with van der Waals surface area (Å²) in [7, 11) is 0. The summed E-state index contributed by atoms with van der Waals surface area (Å²) < 4.78 is 10.5. The first-order valence-corrected chi connectivity index (χ1v) is 9.87. The highest BCUT2D eigenvalue weighted by atomic mass is 16.6. The van der Waals surface area contributed by atoms with Gasteiger partial charge in [0.2, 0.25) is 0 Å². The zero-order valence-corrected chi connectivity index (χ0v) is 17.1. The quantitative estimate of drug-likeness (QED) is 0.426. The van der Waals surface area contributed by atoms with Crippen LogP contribution >= 0.6 is 0 Å². The van der Waals surface area contributed by atoms with Gasteiger partial charge in [-0.2, -0.15) is 0 Å². The van der Waals surface area contributed by atoms with Gasteiger partial charge in [-0.15, -0.1) is 0 Å². The standard InChI is InChI=1S/C22H32O6/c1-14-7-5-8-15(2)11-19-18(16(3)21(25)28-19)12-20(24)22(26,10-6-9-14)13-27-17(4)23/h8-9,18-20,24,26H,3,5-7,10-13H2,1-2,4H3/b14-9-,15-8+/t18-,19+,20+,22+/m1/s1. The first kappa shape index (κ1) is 22.4. The maximum absolute atomic E-state index is 12.1. The van der Waals surface area contributed by atoms with Gasteiger partial charge in [-0.1, -0.05) is 29.9 Å². The van der Waals surface area contributed by atoms with Crippen LogP contribution in [0.4, 0.5) is 0 Å². The van der Waals surface area contributed by atoms with Gasteiger partial charge in [-0.25, -0.2) is 4.79 Å². The molecule has 0 unspecified atom stereocenters. The summed E-state index contributed by atoms with van der Waals surface area (Å²) in [5.41, 5.74) is 1.03. The van der Waals surface area contributed by atoms with Gasteiger partial charge in [-0.05, 0) is 46.0 Å². The molecule has 1 aliphatic carbocycles. The zero-order valence-electron chi connectivity index (χ0n) is 17.1. The Labute approximate surface area is 166 Å². The molecule has 0 spiro atoms. The molecule has 0 saturated carbocycles. The number of aliphatic hydroxyl groups excluding tert-OH is 1. The molecule has 6 heteroatoms. The third-order valence-corrected chi connectivity index (χ3v) is 5.66. The average Bonchev–Trinajstić information content (AvgIpc) is 2.86. The minimum atomic E-state index is -1.60. The van der Waals surface area contributed by atoms with E-state index in [2.05, 4.69) is 12.7 Å². The SMILES string of the molecule is C=C1C(=O)O[C@H]2C/C(C)=C/CC/C(C)=C\CC[C@](O)(COC(C)=O)[C@@H](O)C[C@H]12. The van der Waals surface area contributed by atoms with Crippen LogP contribution in [0.3, 0.4) is 0 Å². The maximum atomic E-state index is 12.1. The Morgan fingerprint density at radius 3 is 2.68 bits per heavy atom. The average molecular weight is 392 g/mol. The van der Waals surface area contributed by atoms with Gasteiger partial charge in [0.05, 0.1) is 6.10 Å². The van der Waals surface area contributed by atoms with Gasteiger partial charge in [-0.3, -0.25) is 4.79 Å². The zero-order chi connectivity index (χ0) is 20.9. The predicted molar refractivity (Wildman–Crippen MR) is 105 cm³/mol. The number of hydrogen-bond donors (Lipinski definition) is 2. The van der Waals surface area contributed by atoms with E-state index >= 15 is 0 Å². The minimum Gasteiger partial charge on any atom is -0.463 e. The topological polar surface area (TPSA) is 93.1 Å². The van der Waals surface area contributed by atoms with Crippen molar-refractivity contribution in [3.8, 4) is 0 Å². The molecule has 1 fully saturated rings. The summed E-state index contributed by atoms with van der Waals surface area (Å²) in [5, 5.41) is 21.9. The van der Waals surface area contributed by atoms with E-state index in [1.54, 1.807) is 0 Å². The molecule has 1 heterocycles. The van der Waals surface area contributed by atoms with Gasteiger partial charge in [0.15, 0.2) is 0 Å². The van der Waals surface area contributed by atoms with Gasteiger partial charge in [0, 0.05) is 24.8 Å². The van der Waals surface area contributed by atoms with Crippen molar-refractivity contribution in [2.45, 2.75) is 77.1 Å². The first-order valence-electron chi connectivity index (χ1n) is 9.87. The molecule has 0 bridgehead atoms. The minimum absolute atomic E-state index is 0.114. The fraction of sp³-hybridized carbons (Fsp3) is 0.636. The van der Waals surface area contributed by atoms with Crippen molar-refractivity contribution in [2.24, 2.45) is 5.92 Å². The number of hydrogen-bond acceptors (Lipinski definition) is 6. The van der Waals surface area contributed by atoms with Crippen LogP contribution in [-0.2, 0) is 19.1 Å². The predicted octanol–water partition coefficient (Wildman–Crippen LogP) is 2.99. The summed E-state index contributed by atoms with van der Waals surface area (Å²) in [6.07, 6.45) is 5.85. The van der Waals surface area contributed by atoms with Crippen LogP contribution < -0.4 is 0 Å². The number of allylic oxidation sites excluding steroid dienone is 3. The van der Waals surface area contributed by atoms with Crippen LogP contribution in [0.25, 0.3) is 0 Å². The largest absolute Gasteiger partial charge is 0.463 e. The highest BCUT2D eigenvalue weighted by Crippen LogP contribution is 2.37. The van der Waals surface area contributed by atoms with Gasteiger partial charge in [0.1, 0.15) is 18.3 Å². The van der Waals surface area contributed by atoms with E-state index in [-0.39, 0.29) is 19.4 Å². The van der Waals surface area contributed by atoms with E-state index in [1.165, 1.54) is 12.5 Å². The van der Waals surface area contributed by atoms with E-state index in [9.17, 15) is 19.8 Å². The van der Waals surface area contributed by atoms with Gasteiger partial charge >= 0.3 is 11.9 Å². The number of aliphatic hydroxyl groups is 2. The fourth-order valence-corrected chi connectivity index (χ4v) is 3.79. The maximum Gasteiger partial charge on any atom is 0.334 e. The Balaban J connectivity index is 2.30. The number of esters is 2. The second kappa shape index (κ2) is 9.52. The molecule has 0 aromatic carbocycles. The number of carbonyl (C=O) groups excluding carboxylic acids is 2. The lowest BCUT2D eigenvalue weighted by atomic mass is 9.81. The Morgan fingerprint density at radius 1 is 1.32 bits per heavy atom. The molecule has 0 aromatic rings. The molecule has 0 radical (unpaired) electrons. The number of fused-ring (bicyclic) bond motifs is 1. The van der Waals surface area contributed by atoms with Crippen LogP contribution in [0.1, 0.15) is 59.3 Å². The van der Waals surface area contributed by atoms with Crippen molar-refractivity contribution < 1.29 is 29.3 Å². The van der Waals surface area contributed by atoms with Crippen molar-refractivity contribution >= 4 is 11.9 Å². The lowest BCUT2D eigenvalue weighted by Gasteiger charge is -2.34. The molecule has 28 heavy (non-hydrogen) atoms.